The van der Waals surface area contributed by atoms with Gasteiger partial charge in [-0.05, 0) is 42.9 Å². The zero-order chi connectivity index (χ0) is 18.1. The molecule has 1 fully saturated rings. The maximum Gasteiger partial charge on any atom is 0.262 e. The normalized spacial score (nSPS) is 17.0. The topological polar surface area (TPSA) is 68.1 Å². The molecule has 0 amide bonds. The number of rotatable bonds is 4. The van der Waals surface area contributed by atoms with Crippen LogP contribution in [0.1, 0.15) is 18.4 Å². The van der Waals surface area contributed by atoms with Crippen molar-refractivity contribution in [3.8, 4) is 0 Å². The fraction of sp³-hybridized carbons (Fsp3) is 0.368. The zero-order valence-corrected chi connectivity index (χ0v) is 15.6. The number of sulfonamides is 1. The number of pyridine rings is 1. The number of aryl methyl sites for hydroxylation is 1. The molecule has 0 N–H and O–H groups in total. The summed E-state index contributed by atoms with van der Waals surface area (Å²) in [7, 11) is -1.70. The molecule has 136 valence electrons. The summed E-state index contributed by atoms with van der Waals surface area (Å²) >= 11 is 0. The van der Waals surface area contributed by atoms with Crippen LogP contribution in [0.2, 0.25) is 0 Å². The number of hydrogen-bond acceptors (Lipinski definition) is 4. The molecule has 2 aromatic heterocycles. The van der Waals surface area contributed by atoms with Gasteiger partial charge >= 0.3 is 0 Å². The van der Waals surface area contributed by atoms with E-state index in [0.29, 0.717) is 19.0 Å². The van der Waals surface area contributed by atoms with Gasteiger partial charge in [-0.15, -0.1) is 0 Å². The molecule has 1 aliphatic heterocycles. The van der Waals surface area contributed by atoms with E-state index in [9.17, 15) is 8.42 Å². The molecule has 1 aromatic carbocycles. The van der Waals surface area contributed by atoms with E-state index in [-0.39, 0.29) is 5.03 Å². The molecule has 0 saturated carbocycles. The summed E-state index contributed by atoms with van der Waals surface area (Å²) in [4.78, 5) is 8.53. The summed E-state index contributed by atoms with van der Waals surface area (Å²) in [5, 5.41) is 1.29. The minimum Gasteiger partial charge on any atom is -0.339 e. The first kappa shape index (κ1) is 17.2. The average molecular weight is 370 g/mol. The van der Waals surface area contributed by atoms with Crippen molar-refractivity contribution in [2.75, 3.05) is 13.1 Å². The number of para-hydroxylation sites is 1. The van der Waals surface area contributed by atoms with Crippen LogP contribution in [-0.2, 0) is 23.5 Å². The molecule has 0 spiro atoms. The van der Waals surface area contributed by atoms with Gasteiger partial charge < -0.3 is 4.57 Å². The predicted molar refractivity (Wildman–Crippen MR) is 100 cm³/mol. The summed E-state index contributed by atoms with van der Waals surface area (Å²) < 4.78 is 28.5. The summed E-state index contributed by atoms with van der Waals surface area (Å²) in [6.07, 6.45) is 7.68. The van der Waals surface area contributed by atoms with Crippen LogP contribution in [0.25, 0.3) is 10.9 Å². The Labute approximate surface area is 153 Å². The van der Waals surface area contributed by atoms with Gasteiger partial charge in [-0.3, -0.25) is 4.98 Å². The van der Waals surface area contributed by atoms with Crippen LogP contribution in [0, 0.1) is 5.92 Å². The fourth-order valence-corrected chi connectivity index (χ4v) is 5.01. The van der Waals surface area contributed by atoms with Gasteiger partial charge in [0.05, 0.1) is 11.8 Å². The third kappa shape index (κ3) is 3.37. The molecule has 4 rings (SSSR count). The highest BCUT2D eigenvalue weighted by molar-refractivity contribution is 7.89. The fourth-order valence-electron chi connectivity index (χ4n) is 3.57. The maximum atomic E-state index is 12.7. The van der Waals surface area contributed by atoms with Crippen LogP contribution in [0.3, 0.4) is 0 Å². The van der Waals surface area contributed by atoms with E-state index < -0.39 is 10.0 Å². The molecule has 0 aliphatic carbocycles. The van der Waals surface area contributed by atoms with E-state index in [2.05, 4.69) is 22.1 Å². The first-order chi connectivity index (χ1) is 12.5. The molecular weight excluding hydrogens is 348 g/mol. The third-order valence-electron chi connectivity index (χ3n) is 5.03. The molecule has 3 aromatic rings. The average Bonchev–Trinajstić information content (AvgIpc) is 3.09. The highest BCUT2D eigenvalue weighted by atomic mass is 32.2. The number of piperidine rings is 1. The van der Waals surface area contributed by atoms with Crippen molar-refractivity contribution >= 4 is 20.9 Å². The van der Waals surface area contributed by atoms with Gasteiger partial charge in [0.2, 0.25) is 0 Å². The largest absolute Gasteiger partial charge is 0.339 e. The summed E-state index contributed by atoms with van der Waals surface area (Å²) in [6, 6.07) is 10.3. The van der Waals surface area contributed by atoms with Crippen molar-refractivity contribution in [3.63, 3.8) is 0 Å². The Morgan fingerprint density at radius 2 is 1.92 bits per heavy atom. The molecule has 1 aliphatic rings. The van der Waals surface area contributed by atoms with Gasteiger partial charge in [-0.2, -0.15) is 4.31 Å². The number of fused-ring (bicyclic) bond motifs is 1. The Morgan fingerprint density at radius 3 is 2.65 bits per heavy atom. The smallest absolute Gasteiger partial charge is 0.262 e. The van der Waals surface area contributed by atoms with Gasteiger partial charge in [0, 0.05) is 37.9 Å². The van der Waals surface area contributed by atoms with E-state index in [4.69, 9.17) is 0 Å². The first-order valence-corrected chi connectivity index (χ1v) is 10.3. The summed E-state index contributed by atoms with van der Waals surface area (Å²) in [5.74, 6) is 0.480. The van der Waals surface area contributed by atoms with Gasteiger partial charge in [0.15, 0.2) is 5.03 Å². The Bertz CT molecular complexity index is 1020. The van der Waals surface area contributed by atoms with Crippen LogP contribution >= 0.6 is 0 Å². The van der Waals surface area contributed by atoms with Crippen molar-refractivity contribution in [2.24, 2.45) is 13.0 Å². The molecule has 3 heterocycles. The zero-order valence-electron chi connectivity index (χ0n) is 14.7. The molecular formula is C19H22N4O2S. The second kappa shape index (κ2) is 6.81. The lowest BCUT2D eigenvalue weighted by atomic mass is 9.91. The van der Waals surface area contributed by atoms with E-state index >= 15 is 0 Å². The molecule has 0 atom stereocenters. The second-order valence-corrected chi connectivity index (χ2v) is 8.85. The number of aromatic nitrogens is 3. The summed E-state index contributed by atoms with van der Waals surface area (Å²) in [6.45, 7) is 1.09. The number of nitrogens with zero attached hydrogens (tertiary/aromatic N) is 4. The van der Waals surface area contributed by atoms with Gasteiger partial charge in [0.25, 0.3) is 10.0 Å². The lowest BCUT2D eigenvalue weighted by Gasteiger charge is -2.30. The first-order valence-electron chi connectivity index (χ1n) is 8.84. The van der Waals surface area contributed by atoms with Crippen LogP contribution in [-0.4, -0.2) is 40.3 Å². The van der Waals surface area contributed by atoms with Crippen LogP contribution in [0.15, 0.2) is 54.1 Å². The molecule has 6 nitrogen and oxygen atoms in total. The minimum absolute atomic E-state index is 0.136. The second-order valence-electron chi connectivity index (χ2n) is 6.97. The van der Waals surface area contributed by atoms with E-state index in [0.717, 1.165) is 30.2 Å². The Balaban J connectivity index is 1.41. The minimum atomic E-state index is -3.48. The van der Waals surface area contributed by atoms with Crippen molar-refractivity contribution in [2.45, 2.75) is 24.3 Å². The van der Waals surface area contributed by atoms with Crippen molar-refractivity contribution in [1.82, 2.24) is 18.8 Å². The Kier molecular flexibility index (Phi) is 4.50. The molecule has 0 radical (unpaired) electrons. The highest BCUT2D eigenvalue weighted by Crippen LogP contribution is 2.26. The highest BCUT2D eigenvalue weighted by Gasteiger charge is 2.30. The van der Waals surface area contributed by atoms with Gasteiger partial charge in [-0.25, -0.2) is 13.4 Å². The number of imidazole rings is 1. The van der Waals surface area contributed by atoms with E-state index in [1.54, 1.807) is 22.1 Å². The maximum absolute atomic E-state index is 12.7. The van der Waals surface area contributed by atoms with Crippen LogP contribution in [0.4, 0.5) is 0 Å². The number of hydrogen-bond donors (Lipinski definition) is 0. The van der Waals surface area contributed by atoms with Crippen molar-refractivity contribution in [3.05, 3.63) is 54.6 Å². The third-order valence-corrected chi connectivity index (χ3v) is 6.81. The number of benzene rings is 1. The molecule has 0 bridgehead atoms. The van der Waals surface area contributed by atoms with E-state index in [1.807, 2.05) is 24.4 Å². The molecule has 0 unspecified atom stereocenters. The van der Waals surface area contributed by atoms with Crippen LogP contribution in [0.5, 0.6) is 0 Å². The Hall–Kier alpha value is -2.25. The van der Waals surface area contributed by atoms with Crippen molar-refractivity contribution in [1.29, 1.82) is 0 Å². The molecule has 1 saturated heterocycles. The monoisotopic (exact) mass is 370 g/mol. The van der Waals surface area contributed by atoms with Crippen molar-refractivity contribution < 1.29 is 8.42 Å². The lowest BCUT2D eigenvalue weighted by molar-refractivity contribution is 0.272. The molecule has 26 heavy (non-hydrogen) atoms. The van der Waals surface area contributed by atoms with Crippen LogP contribution < -0.4 is 0 Å². The molecule has 7 heteroatoms. The van der Waals surface area contributed by atoms with E-state index in [1.165, 1.54) is 11.9 Å². The quantitative estimate of drug-likeness (QED) is 0.708. The van der Waals surface area contributed by atoms with Gasteiger partial charge in [-0.1, -0.05) is 18.2 Å². The standard InChI is InChI=1S/C19H22N4O2S/c1-22-13-19(21-14-22)26(24,25)23-8-6-15(7-9-23)10-16-11-17-4-2-3-5-18(17)20-12-16/h2-5,11-15H,6-10H2,1H3. The predicted octanol–water partition coefficient (Wildman–Crippen LogP) is 2.61. The summed E-state index contributed by atoms with van der Waals surface area (Å²) in [5.41, 5.74) is 2.22. The lowest BCUT2D eigenvalue weighted by Crippen LogP contribution is -2.39. The Morgan fingerprint density at radius 1 is 1.15 bits per heavy atom. The SMILES string of the molecule is Cn1cnc(S(=O)(=O)N2CCC(Cc3cnc4ccccc4c3)CC2)c1. The van der Waals surface area contributed by atoms with Gasteiger partial charge in [0.1, 0.15) is 0 Å².